The van der Waals surface area contributed by atoms with Gasteiger partial charge in [0.1, 0.15) is 0 Å². The van der Waals surface area contributed by atoms with Crippen LogP contribution in [0.1, 0.15) is 0 Å². The standard InChI is InChI=1S/C6H3Br4N/c7-3-1-4(8)6(11-10)5(9)2-3/h1-2,11H. The molecule has 0 aliphatic carbocycles. The van der Waals surface area contributed by atoms with Gasteiger partial charge in [-0.05, 0) is 44.0 Å². The maximum Gasteiger partial charge on any atom is 0.0728 e. The van der Waals surface area contributed by atoms with Crippen molar-refractivity contribution in [3.63, 3.8) is 0 Å². The molecule has 0 spiro atoms. The highest BCUT2D eigenvalue weighted by Gasteiger charge is 2.04. The van der Waals surface area contributed by atoms with Gasteiger partial charge in [-0.3, -0.25) is 0 Å². The summed E-state index contributed by atoms with van der Waals surface area (Å²) in [6.45, 7) is 0. The van der Waals surface area contributed by atoms with Gasteiger partial charge in [0.15, 0.2) is 0 Å². The summed E-state index contributed by atoms with van der Waals surface area (Å²) in [4.78, 5) is 0. The lowest BCUT2D eigenvalue weighted by atomic mass is 10.3. The van der Waals surface area contributed by atoms with Crippen molar-refractivity contribution in [2.45, 2.75) is 0 Å². The van der Waals surface area contributed by atoms with Gasteiger partial charge in [-0.2, -0.15) is 0 Å². The molecule has 1 N–H and O–H groups in total. The number of halogens is 4. The van der Waals surface area contributed by atoms with Gasteiger partial charge in [0.05, 0.1) is 5.69 Å². The van der Waals surface area contributed by atoms with E-state index < -0.39 is 0 Å². The second-order valence-electron chi connectivity index (χ2n) is 1.84. The lowest BCUT2D eigenvalue weighted by Gasteiger charge is -2.04. The minimum atomic E-state index is 0.980. The van der Waals surface area contributed by atoms with E-state index in [1.54, 1.807) is 0 Å². The van der Waals surface area contributed by atoms with E-state index in [0.29, 0.717) is 0 Å². The largest absolute Gasteiger partial charge is 0.320 e. The van der Waals surface area contributed by atoms with Crippen molar-refractivity contribution in [2.24, 2.45) is 0 Å². The molecule has 1 aromatic rings. The first-order valence-electron chi connectivity index (χ1n) is 2.66. The molecule has 1 aromatic carbocycles. The van der Waals surface area contributed by atoms with E-state index in [4.69, 9.17) is 0 Å². The topological polar surface area (TPSA) is 12.0 Å². The van der Waals surface area contributed by atoms with Gasteiger partial charge >= 0.3 is 0 Å². The number of benzene rings is 1. The predicted octanol–water partition coefficient (Wildman–Crippen LogP) is 4.70. The minimum Gasteiger partial charge on any atom is -0.320 e. The average molecular weight is 409 g/mol. The monoisotopic (exact) mass is 405 g/mol. The molecule has 0 saturated heterocycles. The molecule has 0 unspecified atom stereocenters. The van der Waals surface area contributed by atoms with Crippen LogP contribution >= 0.6 is 63.9 Å². The molecular formula is C6H3Br4N. The van der Waals surface area contributed by atoms with Gasteiger partial charge in [0, 0.05) is 29.6 Å². The molecular weight excluding hydrogens is 406 g/mol. The normalized spacial score (nSPS) is 9.82. The van der Waals surface area contributed by atoms with Crippen molar-refractivity contribution < 1.29 is 0 Å². The Morgan fingerprint density at radius 2 is 1.45 bits per heavy atom. The molecule has 0 saturated carbocycles. The number of hydrogen-bond donors (Lipinski definition) is 1. The Bertz CT molecular complexity index is 250. The van der Waals surface area contributed by atoms with Gasteiger partial charge in [0.2, 0.25) is 0 Å². The van der Waals surface area contributed by atoms with Crippen LogP contribution in [-0.4, -0.2) is 0 Å². The fourth-order valence-electron chi connectivity index (χ4n) is 0.632. The Hall–Kier alpha value is 0.940. The Morgan fingerprint density at radius 3 is 1.82 bits per heavy atom. The van der Waals surface area contributed by atoms with Crippen LogP contribution in [0.15, 0.2) is 25.6 Å². The molecule has 0 heterocycles. The molecule has 60 valence electrons. The van der Waals surface area contributed by atoms with Crippen molar-refractivity contribution in [3.8, 4) is 0 Å². The summed E-state index contributed by atoms with van der Waals surface area (Å²) in [6, 6.07) is 3.93. The van der Waals surface area contributed by atoms with E-state index in [1.807, 2.05) is 12.1 Å². The van der Waals surface area contributed by atoms with Crippen LogP contribution in [0.4, 0.5) is 5.69 Å². The van der Waals surface area contributed by atoms with Crippen LogP contribution in [0.3, 0.4) is 0 Å². The Kier molecular flexibility index (Phi) is 3.88. The quantitative estimate of drug-likeness (QED) is 0.664. The van der Waals surface area contributed by atoms with Gasteiger partial charge in [-0.25, -0.2) is 0 Å². The lowest BCUT2D eigenvalue weighted by Crippen LogP contribution is -1.83. The Morgan fingerprint density at radius 1 is 1.00 bits per heavy atom. The summed E-state index contributed by atoms with van der Waals surface area (Å²) in [5.41, 5.74) is 0.980. The van der Waals surface area contributed by atoms with Gasteiger partial charge < -0.3 is 4.34 Å². The molecule has 0 aromatic heterocycles. The summed E-state index contributed by atoms with van der Waals surface area (Å²) in [7, 11) is 0. The van der Waals surface area contributed by atoms with Crippen LogP contribution < -0.4 is 4.34 Å². The molecule has 0 aliphatic rings. The third-order valence-electron chi connectivity index (χ3n) is 1.10. The number of rotatable bonds is 1. The number of nitrogens with one attached hydrogen (secondary N) is 1. The van der Waals surface area contributed by atoms with Crippen LogP contribution in [0.25, 0.3) is 0 Å². The van der Waals surface area contributed by atoms with E-state index >= 15 is 0 Å². The molecule has 11 heavy (non-hydrogen) atoms. The fraction of sp³-hybridized carbons (Fsp3) is 0. The summed E-state index contributed by atoms with van der Waals surface area (Å²) >= 11 is 13.3. The SMILES string of the molecule is BrNc1c(Br)cc(Br)cc1Br. The Balaban J connectivity index is 3.25. The molecule has 0 bridgehead atoms. The zero-order chi connectivity index (χ0) is 8.43. The van der Waals surface area contributed by atoms with Gasteiger partial charge in [-0.15, -0.1) is 0 Å². The molecule has 5 heteroatoms. The van der Waals surface area contributed by atoms with Crippen molar-refractivity contribution in [1.29, 1.82) is 0 Å². The summed E-state index contributed by atoms with van der Waals surface area (Å²) in [5.74, 6) is 0. The first-order chi connectivity index (χ1) is 5.15. The van der Waals surface area contributed by atoms with Crippen LogP contribution in [0.2, 0.25) is 0 Å². The second-order valence-corrected chi connectivity index (χ2v) is 4.86. The third-order valence-corrected chi connectivity index (χ3v) is 3.21. The van der Waals surface area contributed by atoms with E-state index in [2.05, 4.69) is 68.3 Å². The van der Waals surface area contributed by atoms with Crippen LogP contribution in [-0.2, 0) is 0 Å². The second kappa shape index (κ2) is 4.25. The lowest BCUT2D eigenvalue weighted by molar-refractivity contribution is 1.55. The molecule has 0 fully saturated rings. The summed E-state index contributed by atoms with van der Waals surface area (Å²) in [6.07, 6.45) is 0. The van der Waals surface area contributed by atoms with E-state index in [-0.39, 0.29) is 0 Å². The third kappa shape index (κ3) is 2.44. The minimum absolute atomic E-state index is 0.980. The zero-order valence-electron chi connectivity index (χ0n) is 5.17. The van der Waals surface area contributed by atoms with Crippen LogP contribution in [0, 0.1) is 0 Å². The Labute approximate surface area is 98.7 Å². The molecule has 0 radical (unpaired) electrons. The first-order valence-corrected chi connectivity index (χ1v) is 5.83. The van der Waals surface area contributed by atoms with E-state index in [9.17, 15) is 0 Å². The van der Waals surface area contributed by atoms with Gasteiger partial charge in [0.25, 0.3) is 0 Å². The zero-order valence-corrected chi connectivity index (χ0v) is 11.5. The van der Waals surface area contributed by atoms with Crippen molar-refractivity contribution in [2.75, 3.05) is 4.34 Å². The van der Waals surface area contributed by atoms with Crippen molar-refractivity contribution >= 4 is 69.6 Å². The number of anilines is 1. The van der Waals surface area contributed by atoms with Crippen molar-refractivity contribution in [3.05, 3.63) is 25.6 Å². The summed E-state index contributed by atoms with van der Waals surface area (Å²) in [5, 5.41) is 0. The molecule has 0 amide bonds. The summed E-state index contributed by atoms with van der Waals surface area (Å²) < 4.78 is 5.91. The first kappa shape index (κ1) is 10.0. The fourth-order valence-corrected chi connectivity index (χ4v) is 4.05. The molecule has 1 nitrogen and oxygen atoms in total. The smallest absolute Gasteiger partial charge is 0.0728 e. The molecule has 0 aliphatic heterocycles. The van der Waals surface area contributed by atoms with Gasteiger partial charge in [-0.1, -0.05) is 15.9 Å². The van der Waals surface area contributed by atoms with Crippen molar-refractivity contribution in [1.82, 2.24) is 0 Å². The maximum absolute atomic E-state index is 3.41. The predicted molar refractivity (Wildman–Crippen MR) is 62.1 cm³/mol. The highest BCUT2D eigenvalue weighted by atomic mass is 79.9. The average Bonchev–Trinajstić information content (AvgIpc) is 1.85. The van der Waals surface area contributed by atoms with E-state index in [0.717, 1.165) is 19.1 Å². The molecule has 1 rings (SSSR count). The highest BCUT2D eigenvalue weighted by molar-refractivity contribution is 9.12. The maximum atomic E-state index is 3.41. The van der Waals surface area contributed by atoms with E-state index in [1.165, 1.54) is 0 Å². The highest BCUT2D eigenvalue weighted by Crippen LogP contribution is 2.34. The number of hydrogen-bond acceptors (Lipinski definition) is 1. The van der Waals surface area contributed by atoms with Crippen LogP contribution in [0.5, 0.6) is 0 Å². The molecule has 0 atom stereocenters.